The lowest BCUT2D eigenvalue weighted by Gasteiger charge is -2.11. The van der Waals surface area contributed by atoms with Crippen molar-refractivity contribution in [1.29, 1.82) is 0 Å². The van der Waals surface area contributed by atoms with Gasteiger partial charge >= 0.3 is 0 Å². The van der Waals surface area contributed by atoms with Crippen molar-refractivity contribution >= 4 is 46.1 Å². The van der Waals surface area contributed by atoms with E-state index in [1.807, 2.05) is 18.5 Å². The molecular weight excluding hydrogens is 339 g/mol. The molecule has 0 aromatic carbocycles. The predicted octanol–water partition coefficient (Wildman–Crippen LogP) is 4.76. The Morgan fingerprint density at radius 1 is 1.35 bits per heavy atom. The molecule has 0 bridgehead atoms. The Morgan fingerprint density at radius 3 is 2.55 bits per heavy atom. The van der Waals surface area contributed by atoms with Crippen LogP contribution in [0.2, 0.25) is 13.7 Å². The van der Waals surface area contributed by atoms with Gasteiger partial charge in [-0.25, -0.2) is 0 Å². The second-order valence-corrected chi connectivity index (χ2v) is 7.04. The van der Waals surface area contributed by atoms with Crippen LogP contribution in [0, 0.1) is 0 Å². The van der Waals surface area contributed by atoms with Gasteiger partial charge in [0.1, 0.15) is 4.34 Å². The Kier molecular flexibility index (Phi) is 5.37. The van der Waals surface area contributed by atoms with Gasteiger partial charge in [-0.3, -0.25) is 4.68 Å². The summed E-state index contributed by atoms with van der Waals surface area (Å²) in [5.74, 6) is 0. The van der Waals surface area contributed by atoms with Crippen LogP contribution in [-0.2, 0) is 19.4 Å². The van der Waals surface area contributed by atoms with E-state index in [4.69, 9.17) is 34.8 Å². The van der Waals surface area contributed by atoms with Gasteiger partial charge in [0.15, 0.2) is 0 Å². The minimum atomic E-state index is -0.740. The van der Waals surface area contributed by atoms with E-state index in [1.54, 1.807) is 6.07 Å². The van der Waals surface area contributed by atoms with E-state index >= 15 is 0 Å². The number of aryl methyl sites for hydroxylation is 2. The second kappa shape index (κ2) is 6.67. The number of aromatic nitrogens is 2. The first-order chi connectivity index (χ1) is 9.47. The molecular formula is C13H15Cl3N2OS. The normalized spacial score (nSPS) is 12.9. The summed E-state index contributed by atoms with van der Waals surface area (Å²) in [6.07, 6.45) is 0.391. The first-order valence-electron chi connectivity index (χ1n) is 6.34. The molecule has 0 aliphatic rings. The predicted molar refractivity (Wildman–Crippen MR) is 85.3 cm³/mol. The average Bonchev–Trinajstić information content (AvgIpc) is 2.90. The number of rotatable bonds is 5. The SMILES string of the molecule is CCc1nn(CC)c(CC(O)c2cc(Cl)sc2Cl)c1Cl. The summed E-state index contributed by atoms with van der Waals surface area (Å²) >= 11 is 19.6. The molecule has 2 aromatic heterocycles. The van der Waals surface area contributed by atoms with E-state index in [0.717, 1.165) is 17.8 Å². The fraction of sp³-hybridized carbons (Fsp3) is 0.462. The van der Waals surface area contributed by atoms with Crippen LogP contribution in [-0.4, -0.2) is 14.9 Å². The molecule has 3 nitrogen and oxygen atoms in total. The van der Waals surface area contributed by atoms with Crippen molar-refractivity contribution in [2.24, 2.45) is 0 Å². The topological polar surface area (TPSA) is 38.0 Å². The molecule has 7 heteroatoms. The summed E-state index contributed by atoms with van der Waals surface area (Å²) in [4.78, 5) is 0. The number of hydrogen-bond donors (Lipinski definition) is 1. The van der Waals surface area contributed by atoms with Crippen LogP contribution in [0.1, 0.15) is 36.9 Å². The molecule has 1 unspecified atom stereocenters. The van der Waals surface area contributed by atoms with Crippen LogP contribution in [0.3, 0.4) is 0 Å². The molecule has 0 saturated heterocycles. The number of aliphatic hydroxyl groups is 1. The number of nitrogens with zero attached hydrogens (tertiary/aromatic N) is 2. The lowest BCUT2D eigenvalue weighted by atomic mass is 10.1. The Bertz CT molecular complexity index is 609. The quantitative estimate of drug-likeness (QED) is 0.841. The zero-order valence-corrected chi connectivity index (χ0v) is 14.2. The van der Waals surface area contributed by atoms with Crippen molar-refractivity contribution in [2.75, 3.05) is 0 Å². The second-order valence-electron chi connectivity index (χ2n) is 4.38. The fourth-order valence-electron chi connectivity index (χ4n) is 2.09. The molecule has 1 N–H and O–H groups in total. The first kappa shape index (κ1) is 16.1. The van der Waals surface area contributed by atoms with Gasteiger partial charge in [-0.15, -0.1) is 11.3 Å². The molecule has 0 fully saturated rings. The molecule has 2 heterocycles. The van der Waals surface area contributed by atoms with E-state index in [0.29, 0.717) is 32.2 Å². The molecule has 0 aliphatic heterocycles. The highest BCUT2D eigenvalue weighted by Gasteiger charge is 2.21. The maximum absolute atomic E-state index is 10.4. The highest BCUT2D eigenvalue weighted by atomic mass is 35.5. The van der Waals surface area contributed by atoms with E-state index in [2.05, 4.69) is 5.10 Å². The van der Waals surface area contributed by atoms with Gasteiger partial charge in [0.05, 0.1) is 26.9 Å². The van der Waals surface area contributed by atoms with Crippen molar-refractivity contribution < 1.29 is 5.11 Å². The van der Waals surface area contributed by atoms with Gasteiger partial charge in [-0.1, -0.05) is 41.7 Å². The van der Waals surface area contributed by atoms with Gasteiger partial charge in [-0.05, 0) is 19.4 Å². The van der Waals surface area contributed by atoms with Crippen molar-refractivity contribution in [3.63, 3.8) is 0 Å². The van der Waals surface area contributed by atoms with E-state index in [1.165, 1.54) is 11.3 Å². The van der Waals surface area contributed by atoms with Gasteiger partial charge in [-0.2, -0.15) is 5.10 Å². The number of hydrogen-bond acceptors (Lipinski definition) is 3. The lowest BCUT2D eigenvalue weighted by molar-refractivity contribution is 0.176. The highest BCUT2D eigenvalue weighted by molar-refractivity contribution is 7.20. The Balaban J connectivity index is 2.29. The number of aliphatic hydroxyl groups excluding tert-OH is 1. The smallest absolute Gasteiger partial charge is 0.100 e. The molecule has 0 aliphatic carbocycles. The standard InChI is InChI=1S/C13H15Cl3N2OS/c1-3-8-12(15)9(18(4-2)17-8)6-10(19)7-5-11(14)20-13(7)16/h5,10,19H,3-4,6H2,1-2H3. The van der Waals surface area contributed by atoms with Crippen molar-refractivity contribution in [3.8, 4) is 0 Å². The lowest BCUT2D eigenvalue weighted by Crippen LogP contribution is -2.08. The maximum Gasteiger partial charge on any atom is 0.100 e. The molecule has 2 rings (SSSR count). The molecule has 0 amide bonds. The van der Waals surface area contributed by atoms with Crippen LogP contribution in [0.4, 0.5) is 0 Å². The summed E-state index contributed by atoms with van der Waals surface area (Å²) in [5.41, 5.74) is 2.32. The van der Waals surface area contributed by atoms with Crippen molar-refractivity contribution in [2.45, 2.75) is 39.3 Å². The summed E-state index contributed by atoms with van der Waals surface area (Å²) in [6, 6.07) is 1.69. The molecule has 0 radical (unpaired) electrons. The van der Waals surface area contributed by atoms with Gasteiger partial charge in [0, 0.05) is 18.5 Å². The summed E-state index contributed by atoms with van der Waals surface area (Å²) in [7, 11) is 0. The summed E-state index contributed by atoms with van der Waals surface area (Å²) in [6.45, 7) is 4.71. The largest absolute Gasteiger partial charge is 0.388 e. The Hall–Kier alpha value is -0.260. The van der Waals surface area contributed by atoms with E-state index in [9.17, 15) is 5.11 Å². The Morgan fingerprint density at radius 2 is 2.05 bits per heavy atom. The van der Waals surface area contributed by atoms with Gasteiger partial charge < -0.3 is 5.11 Å². The van der Waals surface area contributed by atoms with Gasteiger partial charge in [0.25, 0.3) is 0 Å². The van der Waals surface area contributed by atoms with Crippen LogP contribution < -0.4 is 0 Å². The molecule has 20 heavy (non-hydrogen) atoms. The fourth-order valence-corrected chi connectivity index (χ4v) is 4.00. The highest BCUT2D eigenvalue weighted by Crippen LogP contribution is 2.37. The first-order valence-corrected chi connectivity index (χ1v) is 8.29. The minimum Gasteiger partial charge on any atom is -0.388 e. The maximum atomic E-state index is 10.4. The summed E-state index contributed by atoms with van der Waals surface area (Å²) in [5, 5.41) is 15.4. The van der Waals surface area contributed by atoms with Crippen molar-refractivity contribution in [1.82, 2.24) is 9.78 Å². The van der Waals surface area contributed by atoms with E-state index in [-0.39, 0.29) is 0 Å². The number of halogens is 3. The van der Waals surface area contributed by atoms with Crippen LogP contribution >= 0.6 is 46.1 Å². The molecule has 2 aromatic rings. The average molecular weight is 354 g/mol. The van der Waals surface area contributed by atoms with Crippen LogP contribution in [0.25, 0.3) is 0 Å². The third-order valence-corrected chi connectivity index (χ3v) is 5.08. The van der Waals surface area contributed by atoms with Crippen LogP contribution in [0.15, 0.2) is 6.07 Å². The minimum absolute atomic E-state index is 0.368. The Labute approximate surface area is 137 Å². The van der Waals surface area contributed by atoms with E-state index < -0.39 is 6.10 Å². The molecule has 110 valence electrons. The monoisotopic (exact) mass is 352 g/mol. The molecule has 1 atom stereocenters. The third-order valence-electron chi connectivity index (χ3n) is 3.12. The van der Waals surface area contributed by atoms with Crippen LogP contribution in [0.5, 0.6) is 0 Å². The zero-order valence-electron chi connectivity index (χ0n) is 11.2. The third kappa shape index (κ3) is 3.15. The van der Waals surface area contributed by atoms with Crippen molar-refractivity contribution in [3.05, 3.63) is 36.7 Å². The molecule has 0 saturated carbocycles. The zero-order chi connectivity index (χ0) is 14.9. The summed E-state index contributed by atoms with van der Waals surface area (Å²) < 4.78 is 2.90. The molecule has 0 spiro atoms. The number of thiophene rings is 1. The van der Waals surface area contributed by atoms with Gasteiger partial charge in [0.2, 0.25) is 0 Å².